The summed E-state index contributed by atoms with van der Waals surface area (Å²) in [5.74, 6) is 1.78. The van der Waals surface area contributed by atoms with Gasteiger partial charge in [-0.05, 0) is 35.9 Å². The fraction of sp³-hybridized carbons (Fsp3) is 0.176. The van der Waals surface area contributed by atoms with E-state index in [1.165, 1.54) is 0 Å². The number of carbonyl (C=O) groups is 1. The number of carbonyl (C=O) groups excluding carboxylic acids is 1. The molecule has 0 bridgehead atoms. The van der Waals surface area contributed by atoms with Gasteiger partial charge in [-0.1, -0.05) is 12.1 Å². The Morgan fingerprint density at radius 2 is 2.08 bits per heavy atom. The monoisotopic (exact) mass is 327 g/mol. The zero-order valence-electron chi connectivity index (χ0n) is 13.1. The third kappa shape index (κ3) is 3.75. The highest BCUT2D eigenvalue weighted by Gasteiger charge is 2.12. The van der Waals surface area contributed by atoms with Gasteiger partial charge in [0.25, 0.3) is 5.91 Å². The van der Waals surface area contributed by atoms with Gasteiger partial charge in [-0.2, -0.15) is 5.10 Å². The molecule has 124 valence electrons. The molecule has 0 saturated heterocycles. The van der Waals surface area contributed by atoms with E-state index in [9.17, 15) is 4.79 Å². The maximum Gasteiger partial charge on any atom is 0.259 e. The summed E-state index contributed by atoms with van der Waals surface area (Å²) in [5, 5.41) is 6.93. The molecule has 0 spiro atoms. The number of benzene rings is 2. The maximum absolute atomic E-state index is 11.8. The molecule has 2 aromatic rings. The van der Waals surface area contributed by atoms with Gasteiger partial charge < -0.3 is 19.5 Å². The maximum atomic E-state index is 11.8. The summed E-state index contributed by atoms with van der Waals surface area (Å²) >= 11 is 0. The Labute approximate surface area is 139 Å². The number of fused-ring (bicyclic) bond motifs is 1. The van der Waals surface area contributed by atoms with Crippen LogP contribution in [0.5, 0.6) is 17.2 Å². The Morgan fingerprint density at radius 1 is 1.25 bits per heavy atom. The van der Waals surface area contributed by atoms with E-state index in [1.54, 1.807) is 25.5 Å². The second-order valence-corrected chi connectivity index (χ2v) is 4.96. The molecule has 0 fully saturated rings. The smallest absolute Gasteiger partial charge is 0.259 e. The minimum atomic E-state index is -0.266. The second kappa shape index (κ2) is 7.36. The fourth-order valence-electron chi connectivity index (χ4n) is 2.18. The van der Waals surface area contributed by atoms with Crippen LogP contribution in [-0.4, -0.2) is 32.6 Å². The molecule has 7 nitrogen and oxygen atoms in total. The van der Waals surface area contributed by atoms with Crippen LogP contribution in [0.25, 0.3) is 0 Å². The summed E-state index contributed by atoms with van der Waals surface area (Å²) in [4.78, 5) is 11.8. The summed E-state index contributed by atoms with van der Waals surface area (Å²) in [5.41, 5.74) is 4.01. The number of methoxy groups -OCH3 is 1. The van der Waals surface area contributed by atoms with Gasteiger partial charge >= 0.3 is 0 Å². The molecule has 24 heavy (non-hydrogen) atoms. The van der Waals surface area contributed by atoms with E-state index in [0.717, 1.165) is 11.3 Å². The largest absolute Gasteiger partial charge is 0.495 e. The van der Waals surface area contributed by atoms with Gasteiger partial charge in [0.05, 0.1) is 25.6 Å². The molecule has 2 aromatic carbocycles. The third-order valence-corrected chi connectivity index (χ3v) is 3.35. The van der Waals surface area contributed by atoms with E-state index in [2.05, 4.69) is 15.8 Å². The molecular formula is C17H17N3O4. The Bertz CT molecular complexity index is 761. The molecular weight excluding hydrogens is 310 g/mol. The minimum Gasteiger partial charge on any atom is -0.495 e. The number of rotatable bonds is 6. The standard InChI is InChI=1S/C17H17N3O4/c1-22-14-5-3-2-4-13(14)18-10-17(21)20-19-9-12-6-7-15-16(8-12)24-11-23-15/h2-9,18H,10-11H2,1H3,(H,20,21)/b19-9+. The van der Waals surface area contributed by atoms with Crippen molar-refractivity contribution in [2.24, 2.45) is 5.10 Å². The van der Waals surface area contributed by atoms with Crippen molar-refractivity contribution in [3.8, 4) is 17.2 Å². The van der Waals surface area contributed by atoms with E-state index >= 15 is 0 Å². The van der Waals surface area contributed by atoms with Gasteiger partial charge in [0.1, 0.15) is 5.75 Å². The molecule has 1 aliphatic rings. The van der Waals surface area contributed by atoms with Crippen LogP contribution in [0, 0.1) is 0 Å². The zero-order chi connectivity index (χ0) is 16.8. The Kier molecular flexibility index (Phi) is 4.81. The van der Waals surface area contributed by atoms with Crippen LogP contribution >= 0.6 is 0 Å². The van der Waals surface area contributed by atoms with Gasteiger partial charge in [-0.3, -0.25) is 4.79 Å². The van der Waals surface area contributed by atoms with Crippen molar-refractivity contribution >= 4 is 17.8 Å². The number of amides is 1. The summed E-state index contributed by atoms with van der Waals surface area (Å²) in [6, 6.07) is 12.8. The molecule has 0 aliphatic carbocycles. The Balaban J connectivity index is 1.50. The highest BCUT2D eigenvalue weighted by Crippen LogP contribution is 2.31. The van der Waals surface area contributed by atoms with Crippen molar-refractivity contribution in [3.63, 3.8) is 0 Å². The van der Waals surface area contributed by atoms with Crippen molar-refractivity contribution in [1.29, 1.82) is 0 Å². The first-order valence-corrected chi connectivity index (χ1v) is 7.35. The van der Waals surface area contributed by atoms with Crippen LogP contribution in [0.2, 0.25) is 0 Å². The van der Waals surface area contributed by atoms with Crippen molar-refractivity contribution in [2.45, 2.75) is 0 Å². The van der Waals surface area contributed by atoms with Crippen molar-refractivity contribution in [1.82, 2.24) is 5.43 Å². The highest BCUT2D eigenvalue weighted by molar-refractivity contribution is 5.85. The lowest BCUT2D eigenvalue weighted by molar-refractivity contribution is -0.119. The van der Waals surface area contributed by atoms with Gasteiger partial charge in [-0.15, -0.1) is 0 Å². The van der Waals surface area contributed by atoms with Gasteiger partial charge in [0, 0.05) is 0 Å². The number of hydrazone groups is 1. The number of anilines is 1. The predicted octanol–water partition coefficient (Wildman–Crippen LogP) is 1.99. The van der Waals surface area contributed by atoms with E-state index in [0.29, 0.717) is 17.2 Å². The Hall–Kier alpha value is -3.22. The summed E-state index contributed by atoms with van der Waals surface area (Å²) in [6.07, 6.45) is 1.54. The predicted molar refractivity (Wildman–Crippen MR) is 89.8 cm³/mol. The quantitative estimate of drug-likeness (QED) is 0.626. The fourth-order valence-corrected chi connectivity index (χ4v) is 2.18. The topological polar surface area (TPSA) is 81.2 Å². The van der Waals surface area contributed by atoms with Crippen LogP contribution in [0.4, 0.5) is 5.69 Å². The number of hydrogen-bond acceptors (Lipinski definition) is 6. The van der Waals surface area contributed by atoms with Gasteiger partial charge in [0.2, 0.25) is 6.79 Å². The van der Waals surface area contributed by atoms with Crippen LogP contribution < -0.4 is 25.0 Å². The first-order valence-electron chi connectivity index (χ1n) is 7.35. The molecule has 0 aromatic heterocycles. The van der Waals surface area contributed by atoms with Crippen molar-refractivity contribution in [2.75, 3.05) is 25.8 Å². The molecule has 0 saturated carbocycles. The van der Waals surface area contributed by atoms with Gasteiger partial charge in [0.15, 0.2) is 11.5 Å². The molecule has 7 heteroatoms. The Morgan fingerprint density at radius 3 is 2.96 bits per heavy atom. The molecule has 0 atom stereocenters. The van der Waals surface area contributed by atoms with E-state index in [-0.39, 0.29) is 19.2 Å². The average molecular weight is 327 g/mol. The molecule has 0 unspecified atom stereocenters. The van der Waals surface area contributed by atoms with Crippen LogP contribution in [0.3, 0.4) is 0 Å². The average Bonchev–Trinajstić information content (AvgIpc) is 3.08. The lowest BCUT2D eigenvalue weighted by atomic mass is 10.2. The summed E-state index contributed by atoms with van der Waals surface area (Å²) in [6.45, 7) is 0.306. The molecule has 0 radical (unpaired) electrons. The lowest BCUT2D eigenvalue weighted by Crippen LogP contribution is -2.26. The van der Waals surface area contributed by atoms with E-state index in [1.807, 2.05) is 30.3 Å². The minimum absolute atomic E-state index is 0.0822. The van der Waals surface area contributed by atoms with Crippen molar-refractivity contribution in [3.05, 3.63) is 48.0 Å². The number of nitrogens with one attached hydrogen (secondary N) is 2. The van der Waals surface area contributed by atoms with E-state index < -0.39 is 0 Å². The highest BCUT2D eigenvalue weighted by atomic mass is 16.7. The molecule has 1 amide bonds. The van der Waals surface area contributed by atoms with Crippen molar-refractivity contribution < 1.29 is 19.0 Å². The normalized spacial score (nSPS) is 12.2. The number of para-hydroxylation sites is 2. The van der Waals surface area contributed by atoms with Crippen LogP contribution in [-0.2, 0) is 4.79 Å². The molecule has 1 heterocycles. The van der Waals surface area contributed by atoms with Gasteiger partial charge in [-0.25, -0.2) is 5.43 Å². The summed E-state index contributed by atoms with van der Waals surface area (Å²) < 4.78 is 15.7. The number of nitrogens with zero attached hydrogens (tertiary/aromatic N) is 1. The number of ether oxygens (including phenoxy) is 3. The van der Waals surface area contributed by atoms with Crippen LogP contribution in [0.1, 0.15) is 5.56 Å². The SMILES string of the molecule is COc1ccccc1NCC(=O)N/N=C/c1ccc2c(c1)OCO2. The van der Waals surface area contributed by atoms with E-state index in [4.69, 9.17) is 14.2 Å². The van der Waals surface area contributed by atoms with Crippen LogP contribution in [0.15, 0.2) is 47.6 Å². The molecule has 2 N–H and O–H groups in total. The zero-order valence-corrected chi connectivity index (χ0v) is 13.1. The first-order chi connectivity index (χ1) is 11.8. The molecule has 1 aliphatic heterocycles. The third-order valence-electron chi connectivity index (χ3n) is 3.35. The summed E-state index contributed by atoms with van der Waals surface area (Å²) in [7, 11) is 1.58. The lowest BCUT2D eigenvalue weighted by Gasteiger charge is -2.09. The second-order valence-electron chi connectivity index (χ2n) is 4.96. The molecule has 3 rings (SSSR count). The first kappa shape index (κ1) is 15.7. The number of hydrogen-bond donors (Lipinski definition) is 2.